The van der Waals surface area contributed by atoms with Crippen molar-refractivity contribution in [3.63, 3.8) is 0 Å². The summed E-state index contributed by atoms with van der Waals surface area (Å²) in [5.74, 6) is 1.56. The number of halogens is 1. The largest absolute Gasteiger partial charge is 0.454 e. The maximum absolute atomic E-state index is 12.5. The van der Waals surface area contributed by atoms with Crippen molar-refractivity contribution in [1.82, 2.24) is 4.90 Å². The molecule has 0 bridgehead atoms. The minimum absolute atomic E-state index is 0.0966. The number of carbonyl (C=O) groups is 1. The van der Waals surface area contributed by atoms with E-state index < -0.39 is 0 Å². The number of hydrogen-bond acceptors (Lipinski definition) is 4. The summed E-state index contributed by atoms with van der Waals surface area (Å²) in [6, 6.07) is 11.3. The molecule has 0 aromatic heterocycles. The molecule has 0 atom stereocenters. The number of nitrogens with zero attached hydrogens (tertiary/aromatic N) is 2. The van der Waals surface area contributed by atoms with Gasteiger partial charge in [0.25, 0.3) is 0 Å². The molecule has 26 heavy (non-hydrogen) atoms. The second kappa shape index (κ2) is 6.96. The Morgan fingerprint density at radius 2 is 1.81 bits per heavy atom. The average molecular weight is 374 g/mol. The van der Waals surface area contributed by atoms with Crippen LogP contribution in [0.5, 0.6) is 11.5 Å². The van der Waals surface area contributed by atoms with Gasteiger partial charge in [-0.3, -0.25) is 0 Å². The summed E-state index contributed by atoms with van der Waals surface area (Å²) in [4.78, 5) is 16.6. The zero-order chi connectivity index (χ0) is 18.1. The first-order valence-electron chi connectivity index (χ1n) is 8.57. The Labute approximate surface area is 157 Å². The van der Waals surface area contributed by atoms with Gasteiger partial charge in [0.05, 0.1) is 0 Å². The number of amides is 2. The molecule has 0 spiro atoms. The highest BCUT2D eigenvalue weighted by Crippen LogP contribution is 2.35. The zero-order valence-corrected chi connectivity index (χ0v) is 15.3. The van der Waals surface area contributed by atoms with E-state index >= 15 is 0 Å². The van der Waals surface area contributed by atoms with Crippen LogP contribution in [0.3, 0.4) is 0 Å². The van der Waals surface area contributed by atoms with Crippen LogP contribution in [0.1, 0.15) is 5.56 Å². The topological polar surface area (TPSA) is 54.0 Å². The number of urea groups is 1. The zero-order valence-electron chi connectivity index (χ0n) is 14.5. The lowest BCUT2D eigenvalue weighted by Gasteiger charge is -2.36. The van der Waals surface area contributed by atoms with E-state index in [1.807, 2.05) is 42.2 Å². The molecule has 136 valence electrons. The Kier molecular flexibility index (Phi) is 4.51. The van der Waals surface area contributed by atoms with E-state index in [4.69, 9.17) is 21.1 Å². The molecular weight excluding hydrogens is 354 g/mol. The smallest absolute Gasteiger partial charge is 0.321 e. The molecule has 2 amide bonds. The molecule has 0 saturated carbocycles. The molecule has 0 aliphatic carbocycles. The highest BCUT2D eigenvalue weighted by Gasteiger charge is 2.23. The van der Waals surface area contributed by atoms with Gasteiger partial charge in [0.1, 0.15) is 0 Å². The predicted molar refractivity (Wildman–Crippen MR) is 102 cm³/mol. The molecule has 4 rings (SSSR count). The number of anilines is 2. The third-order valence-electron chi connectivity index (χ3n) is 4.73. The molecule has 2 aromatic rings. The van der Waals surface area contributed by atoms with Crippen LogP contribution in [0, 0.1) is 6.92 Å². The van der Waals surface area contributed by atoms with Crippen molar-refractivity contribution in [2.24, 2.45) is 0 Å². The number of piperazine rings is 1. The van der Waals surface area contributed by atoms with Crippen LogP contribution < -0.4 is 19.7 Å². The molecule has 0 radical (unpaired) electrons. The Bertz CT molecular complexity index is 835. The van der Waals surface area contributed by atoms with Crippen LogP contribution in [0.4, 0.5) is 16.2 Å². The van der Waals surface area contributed by atoms with Gasteiger partial charge in [-0.1, -0.05) is 17.7 Å². The summed E-state index contributed by atoms with van der Waals surface area (Å²) >= 11 is 6.02. The first-order chi connectivity index (χ1) is 12.6. The van der Waals surface area contributed by atoms with Crippen molar-refractivity contribution < 1.29 is 14.3 Å². The summed E-state index contributed by atoms with van der Waals surface area (Å²) in [6.45, 7) is 5.06. The van der Waals surface area contributed by atoms with Crippen LogP contribution in [0.25, 0.3) is 0 Å². The number of benzene rings is 2. The highest BCUT2D eigenvalue weighted by molar-refractivity contribution is 6.31. The van der Waals surface area contributed by atoms with Gasteiger partial charge in [0, 0.05) is 48.6 Å². The van der Waals surface area contributed by atoms with Crippen molar-refractivity contribution in [1.29, 1.82) is 0 Å². The maximum Gasteiger partial charge on any atom is 0.321 e. The lowest BCUT2D eigenvalue weighted by molar-refractivity contribution is 0.174. The van der Waals surface area contributed by atoms with Gasteiger partial charge < -0.3 is 24.6 Å². The number of carbonyl (C=O) groups excluding carboxylic acids is 1. The van der Waals surface area contributed by atoms with Gasteiger partial charge in [0.2, 0.25) is 6.79 Å². The van der Waals surface area contributed by atoms with Crippen molar-refractivity contribution in [2.45, 2.75) is 6.92 Å². The average Bonchev–Trinajstić information content (AvgIpc) is 3.12. The number of hydrogen-bond donors (Lipinski definition) is 1. The van der Waals surface area contributed by atoms with E-state index in [0.29, 0.717) is 18.1 Å². The van der Waals surface area contributed by atoms with Gasteiger partial charge >= 0.3 is 6.03 Å². The Hall–Kier alpha value is -2.60. The Morgan fingerprint density at radius 3 is 2.62 bits per heavy atom. The van der Waals surface area contributed by atoms with Crippen molar-refractivity contribution in [3.8, 4) is 11.5 Å². The van der Waals surface area contributed by atoms with E-state index in [1.165, 1.54) is 0 Å². The fraction of sp³-hybridized carbons (Fsp3) is 0.316. The number of rotatable bonds is 2. The van der Waals surface area contributed by atoms with Gasteiger partial charge in [-0.15, -0.1) is 0 Å². The quantitative estimate of drug-likeness (QED) is 0.871. The van der Waals surface area contributed by atoms with Crippen LogP contribution in [0.2, 0.25) is 5.02 Å². The molecule has 2 heterocycles. The number of fused-ring (bicyclic) bond motifs is 1. The van der Waals surface area contributed by atoms with Gasteiger partial charge in [-0.25, -0.2) is 4.79 Å². The summed E-state index contributed by atoms with van der Waals surface area (Å²) in [6.07, 6.45) is 0. The first-order valence-corrected chi connectivity index (χ1v) is 8.94. The Balaban J connectivity index is 1.37. The van der Waals surface area contributed by atoms with Gasteiger partial charge in [0.15, 0.2) is 11.5 Å². The third kappa shape index (κ3) is 3.37. The van der Waals surface area contributed by atoms with Crippen LogP contribution in [-0.4, -0.2) is 43.9 Å². The number of ether oxygens (including phenoxy) is 2. The summed E-state index contributed by atoms with van der Waals surface area (Å²) in [5.41, 5.74) is 2.82. The highest BCUT2D eigenvalue weighted by atomic mass is 35.5. The minimum atomic E-state index is -0.0966. The summed E-state index contributed by atoms with van der Waals surface area (Å²) in [5, 5.41) is 3.57. The molecule has 2 aliphatic heterocycles. The standard InChI is InChI=1S/C19H20ClN3O3/c1-13-2-3-14(20)10-16(13)21-19(24)23-8-6-22(7-9-23)15-4-5-17-18(11-15)26-12-25-17/h2-5,10-11H,6-9,12H2,1H3,(H,21,24). The molecule has 6 nitrogen and oxygen atoms in total. The molecule has 2 aliphatic rings. The molecule has 2 aromatic carbocycles. The van der Waals surface area contributed by atoms with Crippen LogP contribution >= 0.6 is 11.6 Å². The van der Waals surface area contributed by atoms with E-state index in [0.717, 1.165) is 41.5 Å². The van der Waals surface area contributed by atoms with Gasteiger partial charge in [-0.2, -0.15) is 0 Å². The molecule has 1 N–H and O–H groups in total. The fourth-order valence-electron chi connectivity index (χ4n) is 3.17. The normalized spacial score (nSPS) is 15.9. The lowest BCUT2D eigenvalue weighted by atomic mass is 10.2. The fourth-order valence-corrected chi connectivity index (χ4v) is 3.34. The predicted octanol–water partition coefficient (Wildman–Crippen LogP) is 3.73. The summed E-state index contributed by atoms with van der Waals surface area (Å²) in [7, 11) is 0. The Morgan fingerprint density at radius 1 is 1.04 bits per heavy atom. The maximum atomic E-state index is 12.5. The van der Waals surface area contributed by atoms with E-state index in [-0.39, 0.29) is 12.8 Å². The number of nitrogens with one attached hydrogen (secondary N) is 1. The van der Waals surface area contributed by atoms with Crippen LogP contribution in [-0.2, 0) is 0 Å². The van der Waals surface area contributed by atoms with Crippen molar-refractivity contribution in [2.75, 3.05) is 43.2 Å². The molecule has 1 fully saturated rings. The second-order valence-corrected chi connectivity index (χ2v) is 6.84. The van der Waals surface area contributed by atoms with E-state index in [2.05, 4.69) is 10.2 Å². The molecular formula is C19H20ClN3O3. The van der Waals surface area contributed by atoms with Crippen LogP contribution in [0.15, 0.2) is 36.4 Å². The monoisotopic (exact) mass is 373 g/mol. The van der Waals surface area contributed by atoms with Crippen molar-refractivity contribution in [3.05, 3.63) is 47.0 Å². The molecule has 1 saturated heterocycles. The second-order valence-electron chi connectivity index (χ2n) is 6.40. The minimum Gasteiger partial charge on any atom is -0.454 e. The van der Waals surface area contributed by atoms with E-state index in [9.17, 15) is 4.79 Å². The molecule has 0 unspecified atom stereocenters. The molecule has 7 heteroatoms. The van der Waals surface area contributed by atoms with Crippen molar-refractivity contribution >= 4 is 29.0 Å². The van der Waals surface area contributed by atoms with E-state index in [1.54, 1.807) is 6.07 Å². The van der Waals surface area contributed by atoms with Gasteiger partial charge in [-0.05, 0) is 36.8 Å². The summed E-state index contributed by atoms with van der Waals surface area (Å²) < 4.78 is 10.8. The number of aryl methyl sites for hydroxylation is 1. The third-order valence-corrected chi connectivity index (χ3v) is 4.96. The first kappa shape index (κ1) is 16.8. The lowest BCUT2D eigenvalue weighted by Crippen LogP contribution is -2.50. The SMILES string of the molecule is Cc1ccc(Cl)cc1NC(=O)N1CCN(c2ccc3c(c2)OCO3)CC1.